The van der Waals surface area contributed by atoms with E-state index in [1.54, 1.807) is 30.3 Å². The first-order chi connectivity index (χ1) is 14.9. The van der Waals surface area contributed by atoms with Gasteiger partial charge in [-0.1, -0.05) is 36.4 Å². The summed E-state index contributed by atoms with van der Waals surface area (Å²) in [5.74, 6) is -0.174. The molecule has 8 nitrogen and oxygen atoms in total. The Labute approximate surface area is 182 Å². The van der Waals surface area contributed by atoms with Crippen molar-refractivity contribution in [3.63, 3.8) is 0 Å². The zero-order chi connectivity index (χ0) is 21.8. The topological polar surface area (TPSA) is 108 Å². The van der Waals surface area contributed by atoms with Gasteiger partial charge in [-0.3, -0.25) is 14.5 Å². The molecule has 3 atom stereocenters. The van der Waals surface area contributed by atoms with E-state index in [1.807, 2.05) is 35.2 Å². The van der Waals surface area contributed by atoms with E-state index in [2.05, 4.69) is 15.4 Å². The van der Waals surface area contributed by atoms with E-state index in [4.69, 9.17) is 0 Å². The van der Waals surface area contributed by atoms with E-state index in [-0.39, 0.29) is 34.8 Å². The zero-order valence-corrected chi connectivity index (χ0v) is 17.8. The lowest BCUT2D eigenvalue weighted by molar-refractivity contribution is -0.129. The molecule has 2 aliphatic rings. The second-order valence-corrected chi connectivity index (χ2v) is 9.65. The highest BCUT2D eigenvalue weighted by Gasteiger charge is 2.44. The summed E-state index contributed by atoms with van der Waals surface area (Å²) in [7, 11) is -3.65. The largest absolute Gasteiger partial charge is 0.353 e. The van der Waals surface area contributed by atoms with E-state index in [9.17, 15) is 18.0 Å². The monoisotopic (exact) mass is 442 g/mol. The number of carbonyl (C=O) groups is 2. The number of fused-ring (bicyclic) bond motifs is 1. The number of anilines is 1. The predicted molar refractivity (Wildman–Crippen MR) is 117 cm³/mol. The molecule has 3 unspecified atom stereocenters. The van der Waals surface area contributed by atoms with Gasteiger partial charge in [0.1, 0.15) is 0 Å². The lowest BCUT2D eigenvalue weighted by atomic mass is 10.0. The number of nitrogens with zero attached hydrogens (tertiary/aromatic N) is 1. The Hall–Kier alpha value is -2.75. The van der Waals surface area contributed by atoms with E-state index >= 15 is 0 Å². The van der Waals surface area contributed by atoms with Gasteiger partial charge in [-0.05, 0) is 37.1 Å². The van der Waals surface area contributed by atoms with Crippen LogP contribution >= 0.6 is 0 Å². The highest BCUT2D eigenvalue weighted by molar-refractivity contribution is 7.89. The summed E-state index contributed by atoms with van der Waals surface area (Å²) in [5, 5.41) is 5.77. The minimum absolute atomic E-state index is 0.0181. The minimum atomic E-state index is -3.65. The average Bonchev–Trinajstić information content (AvgIpc) is 3.18. The van der Waals surface area contributed by atoms with Gasteiger partial charge in [-0.15, -0.1) is 0 Å². The van der Waals surface area contributed by atoms with Crippen molar-refractivity contribution in [3.8, 4) is 0 Å². The molecule has 2 heterocycles. The molecule has 4 rings (SSSR count). The summed E-state index contributed by atoms with van der Waals surface area (Å²) < 4.78 is 28.1. The molecule has 0 aliphatic carbocycles. The number of sulfonamides is 1. The molecule has 164 valence electrons. The van der Waals surface area contributed by atoms with Crippen molar-refractivity contribution in [2.45, 2.75) is 42.3 Å². The van der Waals surface area contributed by atoms with Gasteiger partial charge in [0.25, 0.3) is 0 Å². The number of nitrogens with one attached hydrogen (secondary N) is 3. The van der Waals surface area contributed by atoms with Crippen LogP contribution in [-0.2, 0) is 19.6 Å². The van der Waals surface area contributed by atoms with Gasteiger partial charge in [0.2, 0.25) is 21.8 Å². The fourth-order valence-corrected chi connectivity index (χ4v) is 5.52. The quantitative estimate of drug-likeness (QED) is 0.600. The highest BCUT2D eigenvalue weighted by Crippen LogP contribution is 2.27. The van der Waals surface area contributed by atoms with Crippen LogP contribution in [0.2, 0.25) is 0 Å². The molecule has 0 spiro atoms. The molecule has 9 heteroatoms. The van der Waals surface area contributed by atoms with Gasteiger partial charge in [0.15, 0.2) is 0 Å². The van der Waals surface area contributed by atoms with Gasteiger partial charge < -0.3 is 10.6 Å². The van der Waals surface area contributed by atoms with Crippen LogP contribution in [0.5, 0.6) is 0 Å². The second kappa shape index (κ2) is 9.17. The minimum Gasteiger partial charge on any atom is -0.353 e. The summed E-state index contributed by atoms with van der Waals surface area (Å²) >= 11 is 0. The van der Waals surface area contributed by atoms with Gasteiger partial charge >= 0.3 is 0 Å². The number of rotatable bonds is 7. The van der Waals surface area contributed by atoms with Crippen molar-refractivity contribution in [2.75, 3.05) is 18.4 Å². The number of para-hydroxylation sites is 1. The van der Waals surface area contributed by atoms with Crippen LogP contribution < -0.4 is 15.4 Å². The normalized spacial score (nSPS) is 23.7. The first kappa shape index (κ1) is 21.5. The third-order valence-electron chi connectivity index (χ3n) is 5.76. The maximum Gasteiger partial charge on any atom is 0.240 e. The molecule has 3 N–H and O–H groups in total. The molecule has 0 saturated carbocycles. The third-order valence-corrected chi connectivity index (χ3v) is 7.30. The molecule has 2 fully saturated rings. The van der Waals surface area contributed by atoms with Gasteiger partial charge in [-0.2, -0.15) is 0 Å². The molecule has 31 heavy (non-hydrogen) atoms. The highest BCUT2D eigenvalue weighted by atomic mass is 32.2. The number of piperazine rings is 1. The SMILES string of the molecule is O=C(CCC1CNC(=O)C2CC(NS(=O)(=O)c3ccccc3)CN12)Nc1ccccc1. The Morgan fingerprint density at radius 3 is 2.45 bits per heavy atom. The number of benzene rings is 2. The fraction of sp³-hybridized carbons (Fsp3) is 0.364. The van der Waals surface area contributed by atoms with Crippen molar-refractivity contribution in [1.82, 2.24) is 14.9 Å². The van der Waals surface area contributed by atoms with E-state index in [1.165, 1.54) is 0 Å². The van der Waals surface area contributed by atoms with Gasteiger partial charge in [0, 0.05) is 37.3 Å². The Morgan fingerprint density at radius 1 is 1.06 bits per heavy atom. The van der Waals surface area contributed by atoms with Crippen LogP contribution in [0.15, 0.2) is 65.6 Å². The molecular weight excluding hydrogens is 416 g/mol. The molecule has 0 aromatic heterocycles. The maximum absolute atomic E-state index is 12.7. The third kappa shape index (κ3) is 5.12. The van der Waals surface area contributed by atoms with Crippen LogP contribution in [-0.4, -0.2) is 56.3 Å². The molecular formula is C22H26N4O4S. The standard InChI is InChI=1S/C22H26N4O4S/c27-21(24-16-7-3-1-4-8-16)12-11-18-14-23-22(28)20-13-17(15-26(18)20)25-31(29,30)19-9-5-2-6-10-19/h1-10,17-18,20,25H,11-15H2,(H,23,28)(H,24,27). The van der Waals surface area contributed by atoms with Crippen LogP contribution in [0.3, 0.4) is 0 Å². The van der Waals surface area contributed by atoms with E-state index < -0.39 is 10.0 Å². The summed E-state index contributed by atoms with van der Waals surface area (Å²) in [4.78, 5) is 26.9. The van der Waals surface area contributed by atoms with Crippen molar-refractivity contribution in [3.05, 3.63) is 60.7 Å². The number of amides is 2. The van der Waals surface area contributed by atoms with Crippen molar-refractivity contribution in [1.29, 1.82) is 0 Å². The Morgan fingerprint density at radius 2 is 1.74 bits per heavy atom. The molecule has 2 aliphatic heterocycles. The molecule has 2 aromatic carbocycles. The van der Waals surface area contributed by atoms with Crippen LogP contribution in [0.4, 0.5) is 5.69 Å². The van der Waals surface area contributed by atoms with Crippen LogP contribution in [0.1, 0.15) is 19.3 Å². The van der Waals surface area contributed by atoms with Gasteiger partial charge in [-0.25, -0.2) is 13.1 Å². The molecule has 2 saturated heterocycles. The number of hydrogen-bond acceptors (Lipinski definition) is 5. The van der Waals surface area contributed by atoms with Crippen LogP contribution in [0.25, 0.3) is 0 Å². The van der Waals surface area contributed by atoms with E-state index in [0.717, 1.165) is 5.69 Å². The van der Waals surface area contributed by atoms with Crippen molar-refractivity contribution < 1.29 is 18.0 Å². The first-order valence-corrected chi connectivity index (χ1v) is 11.9. The van der Waals surface area contributed by atoms with Gasteiger partial charge in [0.05, 0.1) is 10.9 Å². The first-order valence-electron chi connectivity index (χ1n) is 10.4. The number of carbonyl (C=O) groups excluding carboxylic acids is 2. The smallest absolute Gasteiger partial charge is 0.240 e. The maximum atomic E-state index is 12.7. The Balaban J connectivity index is 1.36. The summed E-state index contributed by atoms with van der Waals surface area (Å²) in [6, 6.07) is 16.7. The molecule has 2 amide bonds. The fourth-order valence-electron chi connectivity index (χ4n) is 4.26. The lowest BCUT2D eigenvalue weighted by Crippen LogP contribution is -2.57. The Bertz CT molecular complexity index is 1030. The number of hydrogen-bond donors (Lipinski definition) is 3. The second-order valence-electron chi connectivity index (χ2n) is 7.93. The lowest BCUT2D eigenvalue weighted by Gasteiger charge is -2.37. The van der Waals surface area contributed by atoms with E-state index in [0.29, 0.717) is 32.4 Å². The molecule has 2 aromatic rings. The molecule has 0 bridgehead atoms. The summed E-state index contributed by atoms with van der Waals surface area (Å²) in [6.07, 6.45) is 1.30. The van der Waals surface area contributed by atoms with Crippen molar-refractivity contribution in [2.24, 2.45) is 0 Å². The average molecular weight is 443 g/mol. The summed E-state index contributed by atoms with van der Waals surface area (Å²) in [6.45, 7) is 0.890. The van der Waals surface area contributed by atoms with Crippen molar-refractivity contribution >= 4 is 27.5 Å². The van der Waals surface area contributed by atoms with Crippen LogP contribution in [0, 0.1) is 0 Å². The molecule has 0 radical (unpaired) electrons. The summed E-state index contributed by atoms with van der Waals surface area (Å²) in [5.41, 5.74) is 0.749. The Kier molecular flexibility index (Phi) is 6.35. The predicted octanol–water partition coefficient (Wildman–Crippen LogP) is 1.33. The zero-order valence-electron chi connectivity index (χ0n) is 17.0.